The number of nitrogens with one attached hydrogen (secondary N) is 1. The van der Waals surface area contributed by atoms with Gasteiger partial charge in [-0.25, -0.2) is 4.98 Å². The molecule has 4 rings (SSSR count). The number of nitrogens with zero attached hydrogens (tertiary/aromatic N) is 2. The van der Waals surface area contributed by atoms with Crippen molar-refractivity contribution in [3.05, 3.63) is 37.5 Å². The summed E-state index contributed by atoms with van der Waals surface area (Å²) in [5.41, 5.74) is 2.28. The minimum atomic E-state index is -0.0628. The number of carbonyl (C=O) groups is 1. The van der Waals surface area contributed by atoms with Crippen LogP contribution in [0, 0.1) is 6.92 Å². The summed E-state index contributed by atoms with van der Waals surface area (Å²) in [6.07, 6.45) is 1.02. The lowest BCUT2D eigenvalue weighted by atomic mass is 10.1. The molecule has 7 heteroatoms. The summed E-state index contributed by atoms with van der Waals surface area (Å²) >= 11 is 3.26. The molecule has 1 unspecified atom stereocenters. The maximum Gasteiger partial charge on any atom is 0.264 e. The van der Waals surface area contributed by atoms with Gasteiger partial charge in [0.25, 0.3) is 5.91 Å². The lowest BCUT2D eigenvalue weighted by Crippen LogP contribution is -2.43. The van der Waals surface area contributed by atoms with E-state index in [2.05, 4.69) is 16.4 Å². The summed E-state index contributed by atoms with van der Waals surface area (Å²) < 4.78 is 5.61. The van der Waals surface area contributed by atoms with Gasteiger partial charge in [0.05, 0.1) is 18.1 Å². The fourth-order valence-electron chi connectivity index (χ4n) is 3.08. The fourth-order valence-corrected chi connectivity index (χ4v) is 5.11. The van der Waals surface area contributed by atoms with Gasteiger partial charge in [-0.1, -0.05) is 0 Å². The van der Waals surface area contributed by atoms with Crippen LogP contribution in [0.5, 0.6) is 0 Å². The van der Waals surface area contributed by atoms with E-state index in [1.807, 2.05) is 17.2 Å². The van der Waals surface area contributed by atoms with Crippen LogP contribution in [0.2, 0.25) is 0 Å². The van der Waals surface area contributed by atoms with E-state index in [-0.39, 0.29) is 11.9 Å². The Bertz CT molecular complexity index is 701. The molecule has 1 fully saturated rings. The molecule has 122 valence electrons. The molecule has 2 aliphatic rings. The van der Waals surface area contributed by atoms with Crippen molar-refractivity contribution < 1.29 is 9.53 Å². The predicted molar refractivity (Wildman–Crippen MR) is 91.2 cm³/mol. The molecular formula is C16H19N3O2S2. The number of thiazole rings is 1. The van der Waals surface area contributed by atoms with E-state index in [4.69, 9.17) is 4.74 Å². The number of thiophene rings is 1. The second-order valence-electron chi connectivity index (χ2n) is 5.90. The molecule has 0 bridgehead atoms. The average molecular weight is 349 g/mol. The van der Waals surface area contributed by atoms with Gasteiger partial charge in [-0.15, -0.1) is 22.7 Å². The van der Waals surface area contributed by atoms with E-state index in [1.165, 1.54) is 10.4 Å². The Kier molecular flexibility index (Phi) is 4.19. The van der Waals surface area contributed by atoms with Crippen molar-refractivity contribution in [3.8, 4) is 0 Å². The van der Waals surface area contributed by atoms with E-state index in [0.717, 1.165) is 35.1 Å². The van der Waals surface area contributed by atoms with Crippen LogP contribution in [0.1, 0.15) is 36.9 Å². The molecule has 0 aliphatic carbocycles. The monoisotopic (exact) mass is 349 g/mol. The number of hydrogen-bond acceptors (Lipinski definition) is 6. The van der Waals surface area contributed by atoms with Gasteiger partial charge in [0.15, 0.2) is 0 Å². The quantitative estimate of drug-likeness (QED) is 0.904. The third-order valence-electron chi connectivity index (χ3n) is 4.26. The third-order valence-corrected chi connectivity index (χ3v) is 6.55. The van der Waals surface area contributed by atoms with Gasteiger partial charge < -0.3 is 15.0 Å². The van der Waals surface area contributed by atoms with Crippen LogP contribution in [0.15, 0.2) is 11.4 Å². The van der Waals surface area contributed by atoms with Gasteiger partial charge >= 0.3 is 0 Å². The average Bonchev–Trinajstić information content (AvgIpc) is 3.20. The van der Waals surface area contributed by atoms with E-state index in [9.17, 15) is 4.79 Å². The Balaban J connectivity index is 1.61. The number of aryl methyl sites for hydroxylation is 1. The Labute approximate surface area is 143 Å². The smallest absolute Gasteiger partial charge is 0.264 e. The second-order valence-corrected chi connectivity index (χ2v) is 7.93. The standard InChI is InChI=1S/C16H19N3O2S2/c1-10-9-22-15(18-10)12-8-21-5-4-19(12)16(20)14-6-11-7-17-3-2-13(11)23-14/h6,9,12,17H,2-5,7-8H2,1H3. The van der Waals surface area contributed by atoms with Crippen LogP contribution in [0.4, 0.5) is 0 Å². The number of carbonyl (C=O) groups excluding carboxylic acids is 1. The van der Waals surface area contributed by atoms with Gasteiger partial charge in [-0.3, -0.25) is 4.79 Å². The highest BCUT2D eigenvalue weighted by molar-refractivity contribution is 7.14. The molecule has 23 heavy (non-hydrogen) atoms. The lowest BCUT2D eigenvalue weighted by Gasteiger charge is -2.34. The molecule has 2 aliphatic heterocycles. The molecule has 0 saturated carbocycles. The predicted octanol–water partition coefficient (Wildman–Crippen LogP) is 2.37. The summed E-state index contributed by atoms with van der Waals surface area (Å²) in [5.74, 6) is 0.116. The Hall–Kier alpha value is -1.28. The first-order chi connectivity index (χ1) is 11.2. The van der Waals surface area contributed by atoms with Gasteiger partial charge in [0, 0.05) is 35.6 Å². The first-order valence-electron chi connectivity index (χ1n) is 7.85. The summed E-state index contributed by atoms with van der Waals surface area (Å²) in [7, 11) is 0. The Morgan fingerprint density at radius 3 is 3.22 bits per heavy atom. The van der Waals surface area contributed by atoms with Crippen LogP contribution >= 0.6 is 22.7 Å². The maximum absolute atomic E-state index is 13.0. The van der Waals surface area contributed by atoms with E-state index in [1.54, 1.807) is 22.7 Å². The number of morpholine rings is 1. The van der Waals surface area contributed by atoms with Gasteiger partial charge in [0.2, 0.25) is 0 Å². The van der Waals surface area contributed by atoms with Crippen molar-refractivity contribution >= 4 is 28.6 Å². The minimum Gasteiger partial charge on any atom is -0.377 e. The summed E-state index contributed by atoms with van der Waals surface area (Å²) in [6, 6.07) is 2.00. The van der Waals surface area contributed by atoms with Crippen LogP contribution in [0.3, 0.4) is 0 Å². The lowest BCUT2D eigenvalue weighted by molar-refractivity contribution is -0.00251. The summed E-state index contributed by atoms with van der Waals surface area (Å²) in [5, 5.41) is 6.36. The second kappa shape index (κ2) is 6.32. The largest absolute Gasteiger partial charge is 0.377 e. The van der Waals surface area contributed by atoms with E-state index < -0.39 is 0 Å². The number of aromatic nitrogens is 1. The molecule has 1 atom stereocenters. The third kappa shape index (κ3) is 2.94. The molecule has 2 aromatic rings. The molecule has 0 radical (unpaired) electrons. The topological polar surface area (TPSA) is 54.5 Å². The molecule has 1 amide bonds. The number of fused-ring (bicyclic) bond motifs is 1. The zero-order chi connectivity index (χ0) is 15.8. The number of hydrogen-bond donors (Lipinski definition) is 1. The molecular weight excluding hydrogens is 330 g/mol. The van der Waals surface area contributed by atoms with E-state index >= 15 is 0 Å². The highest BCUT2D eigenvalue weighted by Gasteiger charge is 2.32. The normalized spacial score (nSPS) is 21.3. The van der Waals surface area contributed by atoms with E-state index in [0.29, 0.717) is 19.8 Å². The van der Waals surface area contributed by atoms with Crippen molar-refractivity contribution in [2.75, 3.05) is 26.3 Å². The van der Waals surface area contributed by atoms with Crippen molar-refractivity contribution in [1.29, 1.82) is 0 Å². The Morgan fingerprint density at radius 2 is 2.43 bits per heavy atom. The zero-order valence-corrected chi connectivity index (χ0v) is 14.6. The first-order valence-corrected chi connectivity index (χ1v) is 9.55. The molecule has 1 N–H and O–H groups in total. The Morgan fingerprint density at radius 1 is 1.52 bits per heavy atom. The highest BCUT2D eigenvalue weighted by Crippen LogP contribution is 2.31. The molecule has 0 spiro atoms. The SMILES string of the molecule is Cc1csc(C2COCCN2C(=O)c2cc3c(s2)CCNC3)n1. The summed E-state index contributed by atoms with van der Waals surface area (Å²) in [4.78, 5) is 21.7. The van der Waals surface area contributed by atoms with Crippen LogP contribution in [-0.4, -0.2) is 42.1 Å². The first kappa shape index (κ1) is 15.3. The zero-order valence-electron chi connectivity index (χ0n) is 13.0. The number of ether oxygens (including phenoxy) is 1. The van der Waals surface area contributed by atoms with Crippen molar-refractivity contribution in [2.24, 2.45) is 0 Å². The van der Waals surface area contributed by atoms with Gasteiger partial charge in [-0.2, -0.15) is 0 Å². The highest BCUT2D eigenvalue weighted by atomic mass is 32.1. The van der Waals surface area contributed by atoms with Gasteiger partial charge in [0.1, 0.15) is 11.0 Å². The molecule has 2 aromatic heterocycles. The minimum absolute atomic E-state index is 0.0628. The van der Waals surface area contributed by atoms with Crippen LogP contribution in [-0.2, 0) is 17.7 Å². The fraction of sp³-hybridized carbons (Fsp3) is 0.500. The van der Waals surface area contributed by atoms with Crippen molar-refractivity contribution in [1.82, 2.24) is 15.2 Å². The molecule has 0 aromatic carbocycles. The number of rotatable bonds is 2. The maximum atomic E-state index is 13.0. The number of amides is 1. The van der Waals surface area contributed by atoms with Crippen LogP contribution in [0.25, 0.3) is 0 Å². The molecule has 4 heterocycles. The summed E-state index contributed by atoms with van der Waals surface area (Å²) in [6.45, 7) is 5.61. The molecule has 1 saturated heterocycles. The molecule has 5 nitrogen and oxygen atoms in total. The van der Waals surface area contributed by atoms with Crippen molar-refractivity contribution in [2.45, 2.75) is 25.9 Å². The van der Waals surface area contributed by atoms with Crippen molar-refractivity contribution in [3.63, 3.8) is 0 Å². The van der Waals surface area contributed by atoms with Gasteiger partial charge in [-0.05, 0) is 25.0 Å². The van der Waals surface area contributed by atoms with Crippen LogP contribution < -0.4 is 5.32 Å².